The number of aromatic nitrogens is 2. The summed E-state index contributed by atoms with van der Waals surface area (Å²) in [4.78, 5) is 48.0. The van der Waals surface area contributed by atoms with Crippen LogP contribution in [-0.4, -0.2) is 40.8 Å². The molecule has 0 spiro atoms. The van der Waals surface area contributed by atoms with Gasteiger partial charge in [0.1, 0.15) is 0 Å². The molecular formula is C17H20N4O5. The van der Waals surface area contributed by atoms with Crippen LogP contribution < -0.4 is 16.2 Å². The Bertz CT molecular complexity index is 906. The van der Waals surface area contributed by atoms with Gasteiger partial charge in [-0.05, 0) is 19.4 Å². The highest BCUT2D eigenvalue weighted by Crippen LogP contribution is 2.15. The highest BCUT2D eigenvalue weighted by Gasteiger charge is 2.24. The first-order valence-electron chi connectivity index (χ1n) is 8.12. The van der Waals surface area contributed by atoms with Gasteiger partial charge in [-0.3, -0.25) is 14.9 Å². The predicted octanol–water partition coefficient (Wildman–Crippen LogP) is 0.807. The third kappa shape index (κ3) is 4.05. The number of urea groups is 1. The SMILES string of the molecule is CCCn1nc(C(=O)OC(C)C(=O)NC(=O)NC)c2ccccc2c1=O. The number of ether oxygens (including phenoxy) is 1. The first kappa shape index (κ1) is 19.1. The van der Waals surface area contributed by atoms with Crippen LogP contribution in [0.5, 0.6) is 0 Å². The Morgan fingerprint density at radius 1 is 1.23 bits per heavy atom. The number of hydrogen-bond donors (Lipinski definition) is 2. The van der Waals surface area contributed by atoms with Crippen molar-refractivity contribution < 1.29 is 19.1 Å². The molecule has 1 aromatic carbocycles. The van der Waals surface area contributed by atoms with Gasteiger partial charge in [0.05, 0.1) is 5.39 Å². The van der Waals surface area contributed by atoms with Gasteiger partial charge in [-0.1, -0.05) is 25.1 Å². The van der Waals surface area contributed by atoms with Gasteiger partial charge in [0.2, 0.25) is 0 Å². The standard InChI is InChI=1S/C17H20N4O5/c1-4-9-21-15(23)12-8-6-5-7-11(12)13(20-21)16(24)26-10(2)14(22)19-17(25)18-3/h5-8,10H,4,9H2,1-3H3,(H2,18,19,22,25). The maximum absolute atomic E-state index is 12.5. The molecule has 2 N–H and O–H groups in total. The molecule has 0 radical (unpaired) electrons. The van der Waals surface area contributed by atoms with Crippen LogP contribution in [0.2, 0.25) is 0 Å². The number of imide groups is 1. The van der Waals surface area contributed by atoms with E-state index in [-0.39, 0.29) is 11.3 Å². The van der Waals surface area contributed by atoms with Crippen molar-refractivity contribution in [3.8, 4) is 0 Å². The maximum Gasteiger partial charge on any atom is 0.360 e. The second kappa shape index (κ2) is 8.24. The molecule has 1 heterocycles. The summed E-state index contributed by atoms with van der Waals surface area (Å²) in [6.07, 6.45) is -0.558. The molecular weight excluding hydrogens is 340 g/mol. The number of hydrogen-bond acceptors (Lipinski definition) is 6. The third-order valence-corrected chi connectivity index (χ3v) is 3.61. The van der Waals surface area contributed by atoms with Crippen LogP contribution in [0.25, 0.3) is 10.8 Å². The van der Waals surface area contributed by atoms with E-state index in [2.05, 4.69) is 10.4 Å². The first-order chi connectivity index (χ1) is 12.4. The number of carbonyl (C=O) groups excluding carboxylic acids is 3. The molecule has 2 aromatic rings. The van der Waals surface area contributed by atoms with E-state index in [1.165, 1.54) is 18.7 Å². The van der Waals surface area contributed by atoms with Crippen molar-refractivity contribution >= 4 is 28.7 Å². The Balaban J connectivity index is 2.35. The molecule has 0 fully saturated rings. The minimum absolute atomic E-state index is 0.0618. The molecule has 9 nitrogen and oxygen atoms in total. The Morgan fingerprint density at radius 2 is 1.88 bits per heavy atom. The lowest BCUT2D eigenvalue weighted by Gasteiger charge is -2.14. The average Bonchev–Trinajstić information content (AvgIpc) is 2.63. The average molecular weight is 360 g/mol. The van der Waals surface area contributed by atoms with Gasteiger partial charge in [0.15, 0.2) is 11.8 Å². The summed E-state index contributed by atoms with van der Waals surface area (Å²) in [5.41, 5.74) is -0.363. The molecule has 3 amide bonds. The third-order valence-electron chi connectivity index (χ3n) is 3.61. The number of amides is 3. The summed E-state index contributed by atoms with van der Waals surface area (Å²) in [5, 5.41) is 9.03. The Kier molecular flexibility index (Phi) is 6.05. The molecule has 26 heavy (non-hydrogen) atoms. The van der Waals surface area contributed by atoms with Gasteiger partial charge in [-0.25, -0.2) is 14.3 Å². The van der Waals surface area contributed by atoms with Gasteiger partial charge in [0, 0.05) is 19.0 Å². The lowest BCUT2D eigenvalue weighted by atomic mass is 10.1. The van der Waals surface area contributed by atoms with Crippen LogP contribution in [0.3, 0.4) is 0 Å². The largest absolute Gasteiger partial charge is 0.448 e. The molecule has 0 aliphatic carbocycles. The monoisotopic (exact) mass is 360 g/mol. The number of esters is 1. The number of carbonyl (C=O) groups is 3. The molecule has 138 valence electrons. The van der Waals surface area contributed by atoms with Gasteiger partial charge in [-0.15, -0.1) is 0 Å². The molecule has 1 atom stereocenters. The summed E-state index contributed by atoms with van der Waals surface area (Å²) >= 11 is 0. The number of fused-ring (bicyclic) bond motifs is 1. The molecule has 0 saturated carbocycles. The van der Waals surface area contributed by atoms with Crippen molar-refractivity contribution in [3.63, 3.8) is 0 Å². The summed E-state index contributed by atoms with van der Waals surface area (Å²) in [5.74, 6) is -1.63. The molecule has 0 aliphatic rings. The highest BCUT2D eigenvalue weighted by molar-refractivity contribution is 6.03. The summed E-state index contributed by atoms with van der Waals surface area (Å²) in [6.45, 7) is 3.56. The molecule has 0 bridgehead atoms. The zero-order valence-corrected chi connectivity index (χ0v) is 14.7. The van der Waals surface area contributed by atoms with Crippen molar-refractivity contribution in [2.45, 2.75) is 32.9 Å². The fraction of sp³-hybridized carbons (Fsp3) is 0.353. The van der Waals surface area contributed by atoms with Crippen molar-refractivity contribution in [3.05, 3.63) is 40.3 Å². The zero-order chi connectivity index (χ0) is 19.3. The van der Waals surface area contributed by atoms with E-state index in [1.807, 2.05) is 12.2 Å². The summed E-state index contributed by atoms with van der Waals surface area (Å²) in [7, 11) is 1.35. The van der Waals surface area contributed by atoms with E-state index in [0.717, 1.165) is 0 Å². The fourth-order valence-electron chi connectivity index (χ4n) is 2.30. The smallest absolute Gasteiger partial charge is 0.360 e. The Morgan fingerprint density at radius 3 is 2.50 bits per heavy atom. The number of nitrogens with one attached hydrogen (secondary N) is 2. The molecule has 2 rings (SSSR count). The summed E-state index contributed by atoms with van der Waals surface area (Å²) in [6, 6.07) is 5.84. The van der Waals surface area contributed by atoms with E-state index in [9.17, 15) is 19.2 Å². The van der Waals surface area contributed by atoms with Crippen LogP contribution in [-0.2, 0) is 16.1 Å². The van der Waals surface area contributed by atoms with Crippen molar-refractivity contribution in [2.75, 3.05) is 7.05 Å². The topological polar surface area (TPSA) is 119 Å². The fourth-order valence-corrected chi connectivity index (χ4v) is 2.30. The van der Waals surface area contributed by atoms with Crippen LogP contribution in [0.15, 0.2) is 29.1 Å². The maximum atomic E-state index is 12.5. The van der Waals surface area contributed by atoms with Crippen LogP contribution in [0.4, 0.5) is 4.79 Å². The van der Waals surface area contributed by atoms with E-state index >= 15 is 0 Å². The molecule has 1 unspecified atom stereocenters. The second-order valence-electron chi connectivity index (χ2n) is 5.54. The quantitative estimate of drug-likeness (QED) is 0.762. The lowest BCUT2D eigenvalue weighted by Crippen LogP contribution is -2.43. The predicted molar refractivity (Wildman–Crippen MR) is 93.8 cm³/mol. The molecule has 1 aromatic heterocycles. The van der Waals surface area contributed by atoms with Crippen molar-refractivity contribution in [1.82, 2.24) is 20.4 Å². The second-order valence-corrected chi connectivity index (χ2v) is 5.54. The first-order valence-corrected chi connectivity index (χ1v) is 8.12. The van der Waals surface area contributed by atoms with Gasteiger partial charge >= 0.3 is 12.0 Å². The molecule has 9 heteroatoms. The minimum atomic E-state index is -1.22. The molecule has 0 aliphatic heterocycles. The Labute approximate surface area is 149 Å². The Hall–Kier alpha value is -3.23. The van der Waals surface area contributed by atoms with Gasteiger partial charge < -0.3 is 10.1 Å². The van der Waals surface area contributed by atoms with Gasteiger partial charge in [0.25, 0.3) is 11.5 Å². The number of benzene rings is 1. The highest BCUT2D eigenvalue weighted by atomic mass is 16.5. The molecule has 0 saturated heterocycles. The lowest BCUT2D eigenvalue weighted by molar-refractivity contribution is -0.127. The minimum Gasteiger partial charge on any atom is -0.448 e. The van der Waals surface area contributed by atoms with E-state index in [0.29, 0.717) is 23.7 Å². The summed E-state index contributed by atoms with van der Waals surface area (Å²) < 4.78 is 6.32. The number of nitrogens with zero attached hydrogens (tertiary/aromatic N) is 2. The van der Waals surface area contributed by atoms with Crippen molar-refractivity contribution in [1.29, 1.82) is 0 Å². The van der Waals surface area contributed by atoms with E-state index < -0.39 is 24.0 Å². The van der Waals surface area contributed by atoms with E-state index in [4.69, 9.17) is 4.74 Å². The van der Waals surface area contributed by atoms with Crippen molar-refractivity contribution in [2.24, 2.45) is 0 Å². The van der Waals surface area contributed by atoms with E-state index in [1.54, 1.807) is 24.3 Å². The number of aryl methyl sites for hydroxylation is 1. The van der Waals surface area contributed by atoms with Gasteiger partial charge in [-0.2, -0.15) is 5.10 Å². The zero-order valence-electron chi connectivity index (χ0n) is 14.7. The van der Waals surface area contributed by atoms with Crippen LogP contribution in [0.1, 0.15) is 30.8 Å². The normalized spacial score (nSPS) is 11.7. The van der Waals surface area contributed by atoms with Crippen LogP contribution in [0, 0.1) is 0 Å². The number of rotatable bonds is 5. The van der Waals surface area contributed by atoms with Crippen LogP contribution >= 0.6 is 0 Å².